The van der Waals surface area contributed by atoms with Gasteiger partial charge in [-0.05, 0) is 189 Å². The number of aromatic hydroxyl groups is 3. The van der Waals surface area contributed by atoms with Crippen LogP contribution in [-0.2, 0) is 32.0 Å². The summed E-state index contributed by atoms with van der Waals surface area (Å²) in [5.74, 6) is 8.06. The van der Waals surface area contributed by atoms with Crippen LogP contribution in [0.4, 0.5) is 5.69 Å². The minimum absolute atomic E-state index is 0.0201. The highest BCUT2D eigenvalue weighted by Crippen LogP contribution is 2.66. The van der Waals surface area contributed by atoms with Crippen molar-refractivity contribution in [3.8, 4) is 46.3 Å². The first-order chi connectivity index (χ1) is 46.5. The van der Waals surface area contributed by atoms with Crippen molar-refractivity contribution < 1.29 is 54.1 Å². The van der Waals surface area contributed by atoms with Gasteiger partial charge in [-0.3, -0.25) is 14.4 Å². The number of fused-ring (bicyclic) bond motifs is 3. The summed E-state index contributed by atoms with van der Waals surface area (Å²) in [6, 6.07) is 20.7. The number of carbonyl (C=O) groups excluding carboxylic acids is 3. The number of dihydropyridines is 1. The molecule has 7 N–H and O–H groups in total. The third-order valence-corrected chi connectivity index (χ3v) is 23.7. The lowest BCUT2D eigenvalue weighted by atomic mass is 9.61. The molecule has 6 aromatic rings. The Morgan fingerprint density at radius 1 is 0.875 bits per heavy atom. The second kappa shape index (κ2) is 26.9. The molecule has 6 aliphatic carbocycles. The predicted octanol–water partition coefficient (Wildman–Crippen LogP) is 15.2. The van der Waals surface area contributed by atoms with Crippen molar-refractivity contribution in [1.29, 1.82) is 0 Å². The van der Waals surface area contributed by atoms with Gasteiger partial charge >= 0.3 is 5.97 Å². The molecule has 15 nitrogen and oxygen atoms in total. The monoisotopic (exact) mass is 1300 g/mol. The normalized spacial score (nSPS) is 28.1. The fourth-order valence-corrected chi connectivity index (χ4v) is 19.0. The number of benzene rings is 4. The molecule has 3 spiro atoms. The first kappa shape index (κ1) is 64.9. The summed E-state index contributed by atoms with van der Waals surface area (Å²) in [6.07, 6.45) is 30.8. The fraction of sp³-hybridized carbons (Fsp3) is 0.469. The van der Waals surface area contributed by atoms with E-state index in [2.05, 4.69) is 106 Å². The summed E-state index contributed by atoms with van der Waals surface area (Å²) < 4.78 is 20.9. The number of methoxy groups -OCH3 is 1. The summed E-state index contributed by atoms with van der Waals surface area (Å²) in [7, 11) is 1.50. The van der Waals surface area contributed by atoms with E-state index in [1.165, 1.54) is 31.7 Å². The van der Waals surface area contributed by atoms with E-state index in [0.29, 0.717) is 56.7 Å². The van der Waals surface area contributed by atoms with Gasteiger partial charge in [-0.1, -0.05) is 92.2 Å². The van der Waals surface area contributed by atoms with Gasteiger partial charge in [-0.2, -0.15) is 0 Å². The fourth-order valence-electron chi connectivity index (χ4n) is 19.0. The maximum atomic E-state index is 15.9. The molecule has 4 heterocycles. The molecule has 0 radical (unpaired) electrons. The van der Waals surface area contributed by atoms with E-state index in [1.54, 1.807) is 24.3 Å². The molecule has 8 aliphatic rings. The number of nitrogens with one attached hydrogen (secondary N) is 2. The van der Waals surface area contributed by atoms with Crippen molar-refractivity contribution in [3.05, 3.63) is 172 Å². The van der Waals surface area contributed by atoms with E-state index >= 15 is 4.79 Å². The van der Waals surface area contributed by atoms with Crippen LogP contribution in [0.5, 0.6) is 34.5 Å². The lowest BCUT2D eigenvalue weighted by molar-refractivity contribution is -0.148. The molecular weight excluding hydrogens is 1200 g/mol. The molecule has 6 bridgehead atoms. The van der Waals surface area contributed by atoms with E-state index in [1.807, 2.05) is 18.2 Å². The average Bonchev–Trinajstić information content (AvgIpc) is 1.53. The van der Waals surface area contributed by atoms with Gasteiger partial charge < -0.3 is 59.5 Å². The number of anilines is 1. The van der Waals surface area contributed by atoms with Crippen LogP contribution in [0.3, 0.4) is 0 Å². The predicted molar refractivity (Wildman–Crippen MR) is 370 cm³/mol. The number of aliphatic hydroxyl groups excluding tert-OH is 2. The molecule has 15 heteroatoms. The standard InChI is InChI=1S/C81H92N4O11/c1-50-12-7-17-58-18-9-22-64-66-47-82-46-57(66)44-81(50,58)30-26-63(95-51(2)87)41-61(90)42-69(56-37-72(92)77(73(38-56)94-3)96-62-21-10-20-60(89)40-62)85-48-67-68(24-23-65-76(67)70(85)45-80(78(65)93)32-31-79(49-80)29-25-52(43-79)13-11-35-86)84(34-28-71(91)53-14-5-4-6-15-53)74-39-55(27-33-83-74)75(64)54-16-8-19-59(88)36-54/h7-8,10,12,16-17,19-21,23-24,27,36-40,46-48,50,52-53,63-64,69,75,78,82-83,86,88-89,92-93H,4-6,11,13-15,18,25-26,28-35,41-45,49H2,1-3H3/t50-,52-,63+,64-,69+,75+,78+,79+,80-,81-/m0/s1. The number of phenols is 3. The number of H-pyrrole nitrogens is 1. The van der Waals surface area contributed by atoms with E-state index in [0.717, 1.165) is 139 Å². The largest absolute Gasteiger partial charge is 0.508 e. The molecule has 502 valence electrons. The van der Waals surface area contributed by atoms with Gasteiger partial charge in [0.15, 0.2) is 11.5 Å². The summed E-state index contributed by atoms with van der Waals surface area (Å²) >= 11 is 0. The van der Waals surface area contributed by atoms with Crippen LogP contribution in [0, 0.1) is 45.8 Å². The number of carbonyl (C=O) groups is 3. The molecule has 0 amide bonds. The number of phenolic OH excluding ortho intramolecular Hbond substituents is 3. The minimum atomic E-state index is -0.833. The molecule has 4 aromatic carbocycles. The van der Waals surface area contributed by atoms with Gasteiger partial charge in [-0.15, -0.1) is 0 Å². The van der Waals surface area contributed by atoms with Crippen LogP contribution in [0.25, 0.3) is 10.8 Å². The Balaban J connectivity index is 0.994. The first-order valence-corrected chi connectivity index (χ1v) is 35.3. The van der Waals surface area contributed by atoms with Crippen LogP contribution in [0.15, 0.2) is 139 Å². The van der Waals surface area contributed by atoms with E-state index in [4.69, 9.17) is 14.2 Å². The average molecular weight is 1300 g/mol. The van der Waals surface area contributed by atoms with Gasteiger partial charge in [0.05, 0.1) is 30.9 Å². The highest BCUT2D eigenvalue weighted by atomic mass is 16.5. The minimum Gasteiger partial charge on any atom is -0.508 e. The lowest BCUT2D eigenvalue weighted by Gasteiger charge is -2.43. The first-order valence-electron chi connectivity index (χ1n) is 35.3. The Morgan fingerprint density at radius 2 is 1.71 bits per heavy atom. The van der Waals surface area contributed by atoms with Crippen molar-refractivity contribution in [2.75, 3.05) is 31.7 Å². The number of ketones is 2. The molecule has 2 aliphatic heterocycles. The zero-order valence-electron chi connectivity index (χ0n) is 55.7. The molecule has 3 fully saturated rings. The van der Waals surface area contributed by atoms with Gasteiger partial charge in [0, 0.05) is 116 Å². The number of hydrogen-bond acceptors (Lipinski definition) is 13. The summed E-state index contributed by atoms with van der Waals surface area (Å²) in [5, 5.41) is 63.2. The number of Topliss-reactive ketones (excluding diaryl/α,β-unsaturated/α-hetero) is 2. The van der Waals surface area contributed by atoms with E-state index < -0.39 is 35.0 Å². The zero-order chi connectivity index (χ0) is 66.5. The van der Waals surface area contributed by atoms with Gasteiger partial charge in [0.25, 0.3) is 0 Å². The molecule has 10 atom stereocenters. The van der Waals surface area contributed by atoms with Gasteiger partial charge in [-0.25, -0.2) is 0 Å². The smallest absolute Gasteiger partial charge is 0.302 e. The summed E-state index contributed by atoms with van der Waals surface area (Å²) in [6.45, 7) is 4.60. The van der Waals surface area contributed by atoms with E-state index in [-0.39, 0.29) is 101 Å². The highest BCUT2D eigenvalue weighted by Gasteiger charge is 2.57. The van der Waals surface area contributed by atoms with Crippen molar-refractivity contribution >= 4 is 34.0 Å². The van der Waals surface area contributed by atoms with Crippen LogP contribution < -0.4 is 19.7 Å². The maximum Gasteiger partial charge on any atom is 0.302 e. The van der Waals surface area contributed by atoms with Crippen LogP contribution in [0.1, 0.15) is 193 Å². The van der Waals surface area contributed by atoms with Crippen molar-refractivity contribution in [2.24, 2.45) is 34.0 Å². The molecular formula is C81H92N4O11. The number of aliphatic hydroxyl groups is 2. The van der Waals surface area contributed by atoms with Crippen molar-refractivity contribution in [2.45, 2.75) is 179 Å². The molecule has 14 rings (SSSR count). The Kier molecular flexibility index (Phi) is 18.2. The number of hydrogen-bond donors (Lipinski definition) is 7. The van der Waals surface area contributed by atoms with Gasteiger partial charge in [0.2, 0.25) is 5.75 Å². The topological polar surface area (TPSA) is 216 Å². The molecule has 3 saturated carbocycles. The zero-order valence-corrected chi connectivity index (χ0v) is 55.7. The van der Waals surface area contributed by atoms with Crippen LogP contribution in [0.2, 0.25) is 0 Å². The van der Waals surface area contributed by atoms with E-state index in [9.17, 15) is 35.1 Å². The molecule has 2 aromatic heterocycles. The number of allylic oxidation sites excluding steroid dienone is 6. The maximum absolute atomic E-state index is 15.9. The second-order valence-electron chi connectivity index (χ2n) is 29.4. The third-order valence-electron chi connectivity index (χ3n) is 23.7. The molecule has 0 saturated heterocycles. The quantitative estimate of drug-likeness (QED) is 0.0424. The Hall–Kier alpha value is -8.45. The van der Waals surface area contributed by atoms with Crippen molar-refractivity contribution in [3.63, 3.8) is 0 Å². The number of ether oxygens (including phenoxy) is 3. The number of rotatable bonds is 13. The van der Waals surface area contributed by atoms with Gasteiger partial charge in [0.1, 0.15) is 40.7 Å². The molecule has 96 heavy (non-hydrogen) atoms. The van der Waals surface area contributed by atoms with Crippen LogP contribution in [-0.4, -0.2) is 85.5 Å². The second-order valence-corrected chi connectivity index (χ2v) is 29.4. The van der Waals surface area contributed by atoms with Crippen molar-refractivity contribution in [1.82, 2.24) is 14.9 Å². The number of aromatic amines is 1. The summed E-state index contributed by atoms with van der Waals surface area (Å²) in [5.41, 5.74) is 7.30. The Labute approximate surface area is 563 Å². The Bertz CT molecular complexity index is 4170. The highest BCUT2D eigenvalue weighted by molar-refractivity contribution is 6.00. The molecule has 0 unspecified atom stereocenters. The summed E-state index contributed by atoms with van der Waals surface area (Å²) in [4.78, 5) is 49.8. The lowest BCUT2D eigenvalue weighted by Crippen LogP contribution is -2.37. The number of nitrogens with zero attached hydrogens (tertiary/aromatic N) is 2. The van der Waals surface area contributed by atoms with Crippen LogP contribution >= 0.6 is 0 Å². The number of esters is 1. The number of aromatic nitrogens is 2. The Morgan fingerprint density at radius 3 is 2.51 bits per heavy atom. The SMILES string of the molecule is COc1cc([C@H]2CC(=O)C[C@H](OC(C)=O)CC[C@@]34Cc5c[nH]cc5[C@H](C#CCC3=CC=C[C@@H]4C)[C@H](c3cccc(O)c3)C3=CCNC(=C3)N(CCC(=O)C3CCCCC3)c3ccc4c5c(n2cc35)C[C@]2(CC[C@@]3(CC[C@H](CCCO)C3)C2)[C@@H]4O)cc(O)c1Oc1cccc(O)c1. The third kappa shape index (κ3) is 12.5.